The summed E-state index contributed by atoms with van der Waals surface area (Å²) in [6, 6.07) is 13.4. The molecule has 1 unspecified atom stereocenters. The van der Waals surface area contributed by atoms with Gasteiger partial charge in [0.05, 0.1) is 30.6 Å². The lowest BCUT2D eigenvalue weighted by molar-refractivity contribution is -0.129. The number of likely N-dealkylation sites (tertiary alicyclic amines) is 2. The Morgan fingerprint density at radius 1 is 1.11 bits per heavy atom. The van der Waals surface area contributed by atoms with Crippen molar-refractivity contribution in [2.45, 2.75) is 63.3 Å². The molecular formula is C37H46N6O4. The van der Waals surface area contributed by atoms with Gasteiger partial charge in [-0.1, -0.05) is 36.4 Å². The largest absolute Gasteiger partial charge is 0.462 e. The fourth-order valence-electron chi connectivity index (χ4n) is 7.59. The molecule has 0 N–H and O–H groups in total. The predicted octanol–water partition coefficient (Wildman–Crippen LogP) is 4.80. The van der Waals surface area contributed by atoms with E-state index in [2.05, 4.69) is 65.0 Å². The van der Waals surface area contributed by atoms with Crippen LogP contribution in [0.2, 0.25) is 0 Å². The quantitative estimate of drug-likeness (QED) is 0.232. The number of amides is 1. The maximum Gasteiger partial charge on any atom is 0.316 e. The Labute approximate surface area is 278 Å². The minimum Gasteiger partial charge on any atom is -0.462 e. The molecule has 2 saturated heterocycles. The summed E-state index contributed by atoms with van der Waals surface area (Å²) < 4.78 is 17.1. The molecule has 10 nitrogen and oxygen atoms in total. The molecule has 3 aliphatic rings. The molecule has 2 aromatic carbocycles. The molecule has 0 bridgehead atoms. The number of hydrogen-bond donors (Lipinski definition) is 0. The second-order valence-corrected chi connectivity index (χ2v) is 13.0. The van der Waals surface area contributed by atoms with E-state index in [-0.39, 0.29) is 36.6 Å². The normalized spacial score (nSPS) is 23.3. The van der Waals surface area contributed by atoms with Crippen LogP contribution in [0.1, 0.15) is 47.7 Å². The zero-order valence-corrected chi connectivity index (χ0v) is 28.0. The van der Waals surface area contributed by atoms with Gasteiger partial charge in [0.2, 0.25) is 12.5 Å². The van der Waals surface area contributed by atoms with Crippen molar-refractivity contribution in [3.63, 3.8) is 0 Å². The van der Waals surface area contributed by atoms with Crippen molar-refractivity contribution in [3.8, 4) is 6.01 Å². The molecule has 47 heavy (non-hydrogen) atoms. The Morgan fingerprint density at radius 3 is 2.70 bits per heavy atom. The third kappa shape index (κ3) is 7.13. The summed E-state index contributed by atoms with van der Waals surface area (Å²) >= 11 is 0. The number of piperidine rings is 1. The average molecular weight is 639 g/mol. The van der Waals surface area contributed by atoms with E-state index in [4.69, 9.17) is 30.8 Å². The summed E-state index contributed by atoms with van der Waals surface area (Å²) in [7, 11) is 5.47. The maximum atomic E-state index is 13.1. The zero-order chi connectivity index (χ0) is 32.9. The number of benzene rings is 2. The van der Waals surface area contributed by atoms with Crippen LogP contribution in [-0.2, 0) is 27.2 Å². The van der Waals surface area contributed by atoms with E-state index < -0.39 is 0 Å². The summed E-state index contributed by atoms with van der Waals surface area (Å²) in [6.07, 6.45) is 6.67. The number of ether oxygens (including phenoxy) is 3. The zero-order valence-electron chi connectivity index (χ0n) is 28.0. The van der Waals surface area contributed by atoms with Crippen LogP contribution in [0.25, 0.3) is 15.6 Å². The van der Waals surface area contributed by atoms with Gasteiger partial charge in [0.25, 0.3) is 0 Å². The molecule has 1 amide bonds. The van der Waals surface area contributed by atoms with E-state index in [1.165, 1.54) is 27.6 Å². The molecule has 2 fully saturated rings. The second-order valence-electron chi connectivity index (χ2n) is 13.0. The first kappa shape index (κ1) is 32.9. The van der Waals surface area contributed by atoms with Gasteiger partial charge < -0.3 is 28.9 Å². The lowest BCUT2D eigenvalue weighted by Gasteiger charge is -2.38. The average Bonchev–Trinajstić information content (AvgIpc) is 3.46. The molecule has 0 spiro atoms. The van der Waals surface area contributed by atoms with Gasteiger partial charge >= 0.3 is 6.01 Å². The fourth-order valence-corrected chi connectivity index (χ4v) is 7.59. The highest BCUT2D eigenvalue weighted by Gasteiger charge is 2.37. The van der Waals surface area contributed by atoms with Crippen molar-refractivity contribution >= 4 is 22.4 Å². The smallest absolute Gasteiger partial charge is 0.316 e. The summed E-state index contributed by atoms with van der Waals surface area (Å²) in [5, 5.41) is 2.51. The molecule has 4 atom stereocenters. The van der Waals surface area contributed by atoms with Gasteiger partial charge in [-0.05, 0) is 62.2 Å². The van der Waals surface area contributed by atoms with Gasteiger partial charge in [-0.3, -0.25) is 9.69 Å². The van der Waals surface area contributed by atoms with Crippen LogP contribution in [0.4, 0.5) is 5.69 Å². The van der Waals surface area contributed by atoms with Crippen molar-refractivity contribution in [3.05, 3.63) is 82.5 Å². The molecule has 0 radical (unpaired) electrons. The van der Waals surface area contributed by atoms with Crippen LogP contribution in [0.15, 0.2) is 48.6 Å². The SMILES string of the molecule is [C-]#[N+]C[C@H]1CC(c2nc(OC[C@H]3C[C@@H](OC)CN3C)nc3c2CCN(c2cccc4cccc(C)c24)C3)CCN1C(=O)/C=C/COC. The van der Waals surface area contributed by atoms with Gasteiger partial charge in [-0.15, -0.1) is 0 Å². The summed E-state index contributed by atoms with van der Waals surface area (Å²) in [5.74, 6) is 0.0326. The first-order chi connectivity index (χ1) is 22.9. The standard InChI is InChI=1S/C37H46N6O4/c1-25-9-6-10-26-11-7-12-33(35(25)26)42-16-15-31-32(23-42)39-37(47-24-29-20-30(46-5)22-41(29)3)40-36(31)27-14-17-43(28(19-27)21-38-2)34(44)13-8-18-45-4/h6-13,27-30H,14-24H2,1,3-5H3/b13-8+/t27?,28-,29-,30-/m1/s1. The third-order valence-corrected chi connectivity index (χ3v) is 10.1. The summed E-state index contributed by atoms with van der Waals surface area (Å²) in [5.41, 5.74) is 5.69. The molecule has 3 aliphatic heterocycles. The van der Waals surface area contributed by atoms with E-state index in [0.717, 1.165) is 43.7 Å². The number of methoxy groups -OCH3 is 2. The fraction of sp³-hybridized carbons (Fsp3) is 0.514. The molecule has 0 aliphatic carbocycles. The predicted molar refractivity (Wildman–Crippen MR) is 183 cm³/mol. The van der Waals surface area contributed by atoms with Crippen molar-refractivity contribution < 1.29 is 19.0 Å². The molecule has 10 heteroatoms. The van der Waals surface area contributed by atoms with Crippen molar-refractivity contribution in [1.82, 2.24) is 19.8 Å². The molecule has 6 rings (SSSR count). The Hall–Kier alpha value is -4.04. The molecule has 3 aromatic rings. The van der Waals surface area contributed by atoms with Crippen LogP contribution in [-0.4, -0.2) is 105 Å². The number of anilines is 1. The number of likely N-dealkylation sites (N-methyl/N-ethyl adjacent to an activating group) is 1. The van der Waals surface area contributed by atoms with Gasteiger partial charge in [0.15, 0.2) is 0 Å². The Bertz CT molecular complexity index is 1650. The second kappa shape index (κ2) is 14.8. The van der Waals surface area contributed by atoms with Crippen LogP contribution in [0.5, 0.6) is 6.01 Å². The van der Waals surface area contributed by atoms with E-state index >= 15 is 0 Å². The topological polar surface area (TPSA) is 84.6 Å². The van der Waals surface area contributed by atoms with Crippen molar-refractivity contribution in [2.24, 2.45) is 0 Å². The van der Waals surface area contributed by atoms with Crippen LogP contribution < -0.4 is 9.64 Å². The van der Waals surface area contributed by atoms with E-state index in [1.54, 1.807) is 26.4 Å². The lowest BCUT2D eigenvalue weighted by Crippen LogP contribution is -2.46. The van der Waals surface area contributed by atoms with E-state index in [0.29, 0.717) is 38.7 Å². The van der Waals surface area contributed by atoms with Gasteiger partial charge in [-0.25, -0.2) is 6.57 Å². The van der Waals surface area contributed by atoms with E-state index in [9.17, 15) is 4.79 Å². The van der Waals surface area contributed by atoms with Gasteiger partial charge in [-0.2, -0.15) is 9.97 Å². The highest BCUT2D eigenvalue weighted by atomic mass is 16.5. The number of carbonyl (C=O) groups is 1. The first-order valence-corrected chi connectivity index (χ1v) is 16.7. The Balaban J connectivity index is 1.31. The van der Waals surface area contributed by atoms with Crippen LogP contribution >= 0.6 is 0 Å². The van der Waals surface area contributed by atoms with Crippen LogP contribution in [0.3, 0.4) is 0 Å². The summed E-state index contributed by atoms with van der Waals surface area (Å²) in [6.45, 7) is 13.9. The third-order valence-electron chi connectivity index (χ3n) is 10.1. The molecule has 4 heterocycles. The highest BCUT2D eigenvalue weighted by Crippen LogP contribution is 2.38. The summed E-state index contributed by atoms with van der Waals surface area (Å²) in [4.78, 5) is 33.5. The number of nitrogens with zero attached hydrogens (tertiary/aromatic N) is 6. The lowest BCUT2D eigenvalue weighted by atomic mass is 9.84. The maximum absolute atomic E-state index is 13.1. The number of rotatable bonds is 10. The van der Waals surface area contributed by atoms with Crippen molar-refractivity contribution in [1.29, 1.82) is 0 Å². The van der Waals surface area contributed by atoms with Crippen molar-refractivity contribution in [2.75, 3.05) is 65.6 Å². The monoisotopic (exact) mass is 638 g/mol. The highest BCUT2D eigenvalue weighted by molar-refractivity contribution is 5.97. The first-order valence-electron chi connectivity index (χ1n) is 16.7. The number of aromatic nitrogens is 2. The molecule has 248 valence electrons. The van der Waals surface area contributed by atoms with Crippen LogP contribution in [0, 0.1) is 13.5 Å². The molecule has 1 aromatic heterocycles. The number of hydrogen-bond acceptors (Lipinski definition) is 8. The molecule has 0 saturated carbocycles. The number of aryl methyl sites for hydroxylation is 1. The minimum absolute atomic E-state index is 0.0704. The van der Waals surface area contributed by atoms with Gasteiger partial charge in [0, 0.05) is 63.0 Å². The van der Waals surface area contributed by atoms with E-state index in [1.807, 2.05) is 4.90 Å². The number of fused-ring (bicyclic) bond motifs is 2. The number of carbonyl (C=O) groups excluding carboxylic acids is 1. The van der Waals surface area contributed by atoms with Gasteiger partial charge in [0.1, 0.15) is 12.6 Å². The Kier molecular flexibility index (Phi) is 10.4. The minimum atomic E-state index is -0.183. The Morgan fingerprint density at radius 2 is 1.94 bits per heavy atom. The molecular weight excluding hydrogens is 592 g/mol.